The van der Waals surface area contributed by atoms with Crippen LogP contribution in [0, 0.1) is 6.92 Å². The zero-order valence-corrected chi connectivity index (χ0v) is 5.11. The molecule has 7 heavy (non-hydrogen) atoms. The first kappa shape index (κ1) is 9.96. The number of ether oxygens (including phenoxy) is 1. The molecule has 45 valence electrons. The summed E-state index contributed by atoms with van der Waals surface area (Å²) in [7, 11) is 0. The SMILES string of the molecule is [CH2-]C(=O)OCC.[Co]. The summed E-state index contributed by atoms with van der Waals surface area (Å²) in [4.78, 5) is 9.71. The zero-order chi connectivity index (χ0) is 4.99. The van der Waals surface area contributed by atoms with Crippen molar-refractivity contribution in [1.82, 2.24) is 0 Å². The Morgan fingerprint density at radius 2 is 2.29 bits per heavy atom. The molecule has 0 aliphatic carbocycles. The minimum absolute atomic E-state index is 0. The molecule has 2 nitrogen and oxygen atoms in total. The molecule has 0 aliphatic rings. The summed E-state index contributed by atoms with van der Waals surface area (Å²) in [6.07, 6.45) is 0. The van der Waals surface area contributed by atoms with E-state index in [1.165, 1.54) is 0 Å². The largest absolute Gasteiger partial charge is 0.489 e. The molecule has 0 spiro atoms. The van der Waals surface area contributed by atoms with Gasteiger partial charge in [0, 0.05) is 16.8 Å². The van der Waals surface area contributed by atoms with E-state index in [0.717, 1.165) is 0 Å². The van der Waals surface area contributed by atoms with E-state index in [9.17, 15) is 4.79 Å². The molecule has 0 atom stereocenters. The second kappa shape index (κ2) is 5.85. The van der Waals surface area contributed by atoms with Crippen molar-refractivity contribution in [2.45, 2.75) is 6.92 Å². The van der Waals surface area contributed by atoms with E-state index in [2.05, 4.69) is 11.7 Å². The van der Waals surface area contributed by atoms with Gasteiger partial charge in [-0.25, -0.2) is 0 Å². The average Bonchev–Trinajstić information content (AvgIpc) is 1.35. The maximum Gasteiger partial charge on any atom is 0.164 e. The third-order valence-corrected chi connectivity index (χ3v) is 0.305. The summed E-state index contributed by atoms with van der Waals surface area (Å²) in [6.45, 7) is 5.13. The maximum atomic E-state index is 9.71. The molecule has 0 aromatic heterocycles. The van der Waals surface area contributed by atoms with Crippen LogP contribution in [0.5, 0.6) is 0 Å². The summed E-state index contributed by atoms with van der Waals surface area (Å²) in [5, 5.41) is 0. The fraction of sp³-hybridized carbons (Fsp3) is 0.500. The van der Waals surface area contributed by atoms with Crippen LogP contribution in [0.4, 0.5) is 0 Å². The van der Waals surface area contributed by atoms with E-state index < -0.39 is 5.97 Å². The Morgan fingerprint density at radius 3 is 2.29 bits per heavy atom. The molecule has 0 aliphatic heterocycles. The molecule has 0 aromatic rings. The van der Waals surface area contributed by atoms with Gasteiger partial charge in [-0.15, -0.1) is 0 Å². The first-order valence-electron chi connectivity index (χ1n) is 1.76. The van der Waals surface area contributed by atoms with E-state index in [-0.39, 0.29) is 16.8 Å². The molecule has 0 N–H and O–H groups in total. The molecule has 1 radical (unpaired) electrons. The summed E-state index contributed by atoms with van der Waals surface area (Å²) < 4.78 is 4.29. The number of carbonyl (C=O) groups is 1. The van der Waals surface area contributed by atoms with Gasteiger partial charge in [-0.3, -0.25) is 11.7 Å². The van der Waals surface area contributed by atoms with Crippen molar-refractivity contribution in [3.05, 3.63) is 6.92 Å². The Bertz CT molecular complexity index is 53.7. The molecular formula is C4H7CoO2-. The second-order valence-corrected chi connectivity index (χ2v) is 0.805. The van der Waals surface area contributed by atoms with Crippen molar-refractivity contribution in [3.8, 4) is 0 Å². The summed E-state index contributed by atoms with van der Waals surface area (Å²) in [5.41, 5.74) is 0. The topological polar surface area (TPSA) is 26.3 Å². The molecule has 0 aromatic carbocycles. The molecule has 0 amide bonds. The number of carbonyl (C=O) groups excluding carboxylic acids is 1. The van der Waals surface area contributed by atoms with Gasteiger partial charge >= 0.3 is 0 Å². The number of hydrogen-bond donors (Lipinski definition) is 0. The molecule has 0 heterocycles. The average molecular weight is 146 g/mol. The van der Waals surface area contributed by atoms with Crippen molar-refractivity contribution in [2.24, 2.45) is 0 Å². The summed E-state index contributed by atoms with van der Waals surface area (Å²) >= 11 is 0. The van der Waals surface area contributed by atoms with Crippen LogP contribution in [0.15, 0.2) is 0 Å². The monoisotopic (exact) mass is 146 g/mol. The van der Waals surface area contributed by atoms with Crippen LogP contribution in [0.25, 0.3) is 0 Å². The van der Waals surface area contributed by atoms with Gasteiger partial charge in [-0.2, -0.15) is 0 Å². The predicted molar refractivity (Wildman–Crippen MR) is 22.0 cm³/mol. The Kier molecular flexibility index (Phi) is 8.32. The molecule has 0 saturated carbocycles. The Hall–Kier alpha value is -0.154. The van der Waals surface area contributed by atoms with Gasteiger partial charge in [0.25, 0.3) is 0 Å². The Balaban J connectivity index is 0. The van der Waals surface area contributed by atoms with E-state index in [1.807, 2.05) is 0 Å². The fourth-order valence-corrected chi connectivity index (χ4v) is 0.161. The molecule has 3 heteroatoms. The van der Waals surface area contributed by atoms with Crippen LogP contribution >= 0.6 is 0 Å². The van der Waals surface area contributed by atoms with Crippen LogP contribution in [0.1, 0.15) is 6.92 Å². The quantitative estimate of drug-likeness (QED) is 0.395. The van der Waals surface area contributed by atoms with Gasteiger partial charge in [0.2, 0.25) is 0 Å². The van der Waals surface area contributed by atoms with Crippen molar-refractivity contribution in [2.75, 3.05) is 6.61 Å². The Labute approximate surface area is 53.4 Å². The van der Waals surface area contributed by atoms with Gasteiger partial charge in [-0.05, 0) is 6.92 Å². The standard InChI is InChI=1S/C4H7O2.Co/c1-3-6-4(2)5;/h2-3H2,1H3;/q-1;. The smallest absolute Gasteiger partial charge is 0.164 e. The van der Waals surface area contributed by atoms with Crippen molar-refractivity contribution in [1.29, 1.82) is 0 Å². The normalized spacial score (nSPS) is 6.43. The van der Waals surface area contributed by atoms with E-state index in [0.29, 0.717) is 6.61 Å². The summed E-state index contributed by atoms with van der Waals surface area (Å²) in [5.74, 6) is -0.461. The van der Waals surface area contributed by atoms with Crippen LogP contribution in [0.2, 0.25) is 0 Å². The second-order valence-electron chi connectivity index (χ2n) is 0.805. The Morgan fingerprint density at radius 1 is 1.86 bits per heavy atom. The van der Waals surface area contributed by atoms with Gasteiger partial charge in [0.15, 0.2) is 5.97 Å². The number of rotatable bonds is 1. The van der Waals surface area contributed by atoms with Gasteiger partial charge in [0.05, 0.1) is 6.61 Å². The van der Waals surface area contributed by atoms with Gasteiger partial charge in [0.1, 0.15) is 0 Å². The first-order chi connectivity index (χ1) is 2.77. The predicted octanol–water partition coefficient (Wildman–Crippen LogP) is 0.381. The van der Waals surface area contributed by atoms with E-state index >= 15 is 0 Å². The molecule has 0 bridgehead atoms. The minimum atomic E-state index is -0.461. The van der Waals surface area contributed by atoms with Crippen LogP contribution in [-0.2, 0) is 26.3 Å². The minimum Gasteiger partial charge on any atom is -0.489 e. The summed E-state index contributed by atoms with van der Waals surface area (Å²) in [6, 6.07) is 0. The molecule has 0 fully saturated rings. The van der Waals surface area contributed by atoms with Crippen molar-refractivity contribution in [3.63, 3.8) is 0 Å². The van der Waals surface area contributed by atoms with Crippen molar-refractivity contribution >= 4 is 5.97 Å². The molecule has 0 saturated heterocycles. The molecule has 0 unspecified atom stereocenters. The first-order valence-corrected chi connectivity index (χ1v) is 1.76. The maximum absolute atomic E-state index is 9.71. The third kappa shape index (κ3) is 10.7. The number of hydrogen-bond acceptors (Lipinski definition) is 2. The fourth-order valence-electron chi connectivity index (χ4n) is 0.161. The van der Waals surface area contributed by atoms with Crippen LogP contribution in [0.3, 0.4) is 0 Å². The molecular weight excluding hydrogens is 139 g/mol. The van der Waals surface area contributed by atoms with Gasteiger partial charge in [-0.1, -0.05) is 0 Å². The van der Waals surface area contributed by atoms with Gasteiger partial charge < -0.3 is 4.74 Å². The van der Waals surface area contributed by atoms with Crippen molar-refractivity contribution < 1.29 is 26.3 Å². The molecule has 0 rings (SSSR count). The van der Waals surface area contributed by atoms with E-state index in [1.54, 1.807) is 6.92 Å². The third-order valence-electron chi connectivity index (χ3n) is 0.305. The number of esters is 1. The zero-order valence-electron chi connectivity index (χ0n) is 4.06. The van der Waals surface area contributed by atoms with E-state index in [4.69, 9.17) is 0 Å². The van der Waals surface area contributed by atoms with Crippen LogP contribution < -0.4 is 0 Å². The van der Waals surface area contributed by atoms with Crippen LogP contribution in [-0.4, -0.2) is 12.6 Å².